The Hall–Kier alpha value is -2.08. The van der Waals surface area contributed by atoms with Crippen molar-refractivity contribution in [3.8, 4) is 0 Å². The lowest BCUT2D eigenvalue weighted by Crippen LogP contribution is -2.29. The highest BCUT2D eigenvalue weighted by Crippen LogP contribution is 2.18. The fourth-order valence-corrected chi connectivity index (χ4v) is 2.54. The number of rotatable bonds is 7. The van der Waals surface area contributed by atoms with Gasteiger partial charge < -0.3 is 5.32 Å². The highest BCUT2D eigenvalue weighted by molar-refractivity contribution is 7.98. The first-order chi connectivity index (χ1) is 10.8. The van der Waals surface area contributed by atoms with Gasteiger partial charge in [-0.15, -0.1) is 10.2 Å². The molecule has 0 aromatic carbocycles. The zero-order valence-corrected chi connectivity index (χ0v) is 13.6. The van der Waals surface area contributed by atoms with E-state index in [1.807, 2.05) is 54.1 Å². The first-order valence-corrected chi connectivity index (χ1v) is 8.54. The fourth-order valence-electron chi connectivity index (χ4n) is 2.07. The minimum atomic E-state index is -0.160. The van der Waals surface area contributed by atoms with Crippen molar-refractivity contribution < 1.29 is 4.79 Å². The van der Waals surface area contributed by atoms with Gasteiger partial charge in [0.15, 0.2) is 11.5 Å². The minimum Gasteiger partial charge on any atom is -0.342 e. The third-order valence-electron chi connectivity index (χ3n) is 3.13. The first-order valence-electron chi connectivity index (χ1n) is 7.14. The predicted octanol–water partition coefficient (Wildman–Crippen LogP) is 2.77. The summed E-state index contributed by atoms with van der Waals surface area (Å²) in [6.45, 7) is 1.91. The maximum atomic E-state index is 12.0. The van der Waals surface area contributed by atoms with E-state index in [1.54, 1.807) is 17.8 Å². The maximum absolute atomic E-state index is 12.0. The van der Waals surface area contributed by atoms with Crippen LogP contribution in [0, 0.1) is 0 Å². The average molecular weight is 316 g/mol. The molecule has 2 heterocycles. The normalized spacial score (nSPS) is 13.2. The van der Waals surface area contributed by atoms with Gasteiger partial charge in [-0.3, -0.25) is 9.20 Å². The molecule has 0 aliphatic carbocycles. The lowest BCUT2D eigenvalue weighted by molar-refractivity contribution is -0.117. The van der Waals surface area contributed by atoms with Crippen LogP contribution in [0.3, 0.4) is 0 Å². The third kappa shape index (κ3) is 4.21. The highest BCUT2D eigenvalue weighted by atomic mass is 32.2. The van der Waals surface area contributed by atoms with Crippen LogP contribution in [0.25, 0.3) is 5.65 Å². The molecule has 0 aliphatic rings. The Morgan fingerprint density at radius 1 is 1.41 bits per heavy atom. The lowest BCUT2D eigenvalue weighted by Gasteiger charge is -2.15. The van der Waals surface area contributed by atoms with Gasteiger partial charge in [0.1, 0.15) is 0 Å². The topological polar surface area (TPSA) is 59.3 Å². The maximum Gasteiger partial charge on any atom is 0.244 e. The summed E-state index contributed by atoms with van der Waals surface area (Å²) < 4.78 is 1.92. The number of hydrogen-bond donors (Lipinski definition) is 1. The van der Waals surface area contributed by atoms with Crippen LogP contribution < -0.4 is 5.32 Å². The Balaban J connectivity index is 2.20. The Labute approximate surface area is 134 Å². The molecule has 2 aromatic rings. The lowest BCUT2D eigenvalue weighted by atomic mass is 10.2. The summed E-state index contributed by atoms with van der Waals surface area (Å²) >= 11 is 1.74. The zero-order chi connectivity index (χ0) is 15.8. The molecule has 2 rings (SSSR count). The summed E-state index contributed by atoms with van der Waals surface area (Å²) in [5, 5.41) is 11.4. The molecule has 5 nitrogen and oxygen atoms in total. The van der Waals surface area contributed by atoms with E-state index in [-0.39, 0.29) is 11.9 Å². The number of carbonyl (C=O) groups excluding carboxylic acids is 1. The van der Waals surface area contributed by atoms with Crippen LogP contribution >= 0.6 is 11.8 Å². The van der Waals surface area contributed by atoms with Gasteiger partial charge in [-0.2, -0.15) is 11.8 Å². The number of carbonyl (C=O) groups is 1. The zero-order valence-electron chi connectivity index (χ0n) is 12.8. The summed E-state index contributed by atoms with van der Waals surface area (Å²) in [5.74, 6) is 1.57. The van der Waals surface area contributed by atoms with Gasteiger partial charge in [0.05, 0.1) is 6.04 Å². The largest absolute Gasteiger partial charge is 0.342 e. The number of aromatic nitrogens is 3. The number of nitrogens with one attached hydrogen (secondary N) is 1. The van der Waals surface area contributed by atoms with Crippen molar-refractivity contribution in [2.75, 3.05) is 12.0 Å². The van der Waals surface area contributed by atoms with Crippen molar-refractivity contribution in [3.63, 3.8) is 0 Å². The summed E-state index contributed by atoms with van der Waals surface area (Å²) in [5.41, 5.74) is 0.783. The van der Waals surface area contributed by atoms with E-state index in [2.05, 4.69) is 15.5 Å². The molecule has 0 saturated carbocycles. The molecule has 0 bridgehead atoms. The molecule has 0 spiro atoms. The van der Waals surface area contributed by atoms with Crippen molar-refractivity contribution in [3.05, 3.63) is 54.5 Å². The molecule has 1 atom stereocenters. The quantitative estimate of drug-likeness (QED) is 0.630. The van der Waals surface area contributed by atoms with Gasteiger partial charge in [0.25, 0.3) is 0 Å². The molecular formula is C16H20N4OS. The van der Waals surface area contributed by atoms with Crippen LogP contribution in [-0.2, 0) is 4.79 Å². The number of allylic oxidation sites excluding steroid dienone is 3. The van der Waals surface area contributed by atoms with Crippen LogP contribution in [0.1, 0.15) is 25.2 Å². The van der Waals surface area contributed by atoms with Gasteiger partial charge >= 0.3 is 0 Å². The Morgan fingerprint density at radius 3 is 3.05 bits per heavy atom. The summed E-state index contributed by atoms with van der Waals surface area (Å²) in [6, 6.07) is 5.59. The second kappa shape index (κ2) is 8.38. The van der Waals surface area contributed by atoms with E-state index in [0.29, 0.717) is 0 Å². The Kier molecular flexibility index (Phi) is 6.21. The van der Waals surface area contributed by atoms with Crippen LogP contribution in [0.2, 0.25) is 0 Å². The van der Waals surface area contributed by atoms with Gasteiger partial charge in [0.2, 0.25) is 5.91 Å². The van der Waals surface area contributed by atoms with E-state index in [1.165, 1.54) is 6.08 Å². The number of hydrogen-bond acceptors (Lipinski definition) is 4. The number of thioether (sulfide) groups is 1. The van der Waals surface area contributed by atoms with E-state index >= 15 is 0 Å². The second-order valence-electron chi connectivity index (χ2n) is 4.71. The number of nitrogens with zero attached hydrogens (tertiary/aromatic N) is 3. The molecule has 116 valence electrons. The molecule has 22 heavy (non-hydrogen) atoms. The van der Waals surface area contributed by atoms with Crippen LogP contribution in [-0.4, -0.2) is 32.5 Å². The molecule has 0 fully saturated rings. The van der Waals surface area contributed by atoms with Crippen LogP contribution in [0.15, 0.2) is 48.7 Å². The highest BCUT2D eigenvalue weighted by Gasteiger charge is 2.19. The summed E-state index contributed by atoms with van der Waals surface area (Å²) in [4.78, 5) is 12.0. The van der Waals surface area contributed by atoms with Crippen molar-refractivity contribution >= 4 is 23.3 Å². The second-order valence-corrected chi connectivity index (χ2v) is 5.70. The molecule has 0 saturated heterocycles. The fraction of sp³-hybridized carbons (Fsp3) is 0.312. The van der Waals surface area contributed by atoms with E-state index in [9.17, 15) is 4.79 Å². The first kappa shape index (κ1) is 16.3. The summed E-state index contributed by atoms with van der Waals surface area (Å²) in [6.07, 6.45) is 11.7. The molecular weight excluding hydrogens is 296 g/mol. The molecule has 6 heteroatoms. The van der Waals surface area contributed by atoms with E-state index in [0.717, 1.165) is 23.6 Å². The molecule has 2 aromatic heterocycles. The SMILES string of the molecule is C/C=C/C=C/C(=O)NC(CCSC)c1nnc2ccccn12. The third-order valence-corrected chi connectivity index (χ3v) is 3.77. The number of fused-ring (bicyclic) bond motifs is 1. The van der Waals surface area contributed by atoms with Gasteiger partial charge in [-0.05, 0) is 37.5 Å². The summed E-state index contributed by atoms with van der Waals surface area (Å²) in [7, 11) is 0. The number of amides is 1. The average Bonchev–Trinajstić information content (AvgIpc) is 2.95. The van der Waals surface area contributed by atoms with Gasteiger partial charge in [-0.25, -0.2) is 0 Å². The molecule has 0 radical (unpaired) electrons. The predicted molar refractivity (Wildman–Crippen MR) is 90.8 cm³/mol. The number of pyridine rings is 1. The van der Waals surface area contributed by atoms with Crippen molar-refractivity contribution in [1.29, 1.82) is 0 Å². The molecule has 1 amide bonds. The Bertz CT molecular complexity index is 678. The van der Waals surface area contributed by atoms with Crippen LogP contribution in [0.5, 0.6) is 0 Å². The Morgan fingerprint density at radius 2 is 2.27 bits per heavy atom. The van der Waals surface area contributed by atoms with E-state index < -0.39 is 0 Å². The standard InChI is InChI=1S/C16H20N4OS/c1-3-4-5-9-15(21)17-13(10-12-22-2)16-19-18-14-8-6-7-11-20(14)16/h3-9,11,13H,10,12H2,1-2H3,(H,17,21)/b4-3+,9-5+. The smallest absolute Gasteiger partial charge is 0.244 e. The van der Waals surface area contributed by atoms with Crippen LogP contribution in [0.4, 0.5) is 0 Å². The van der Waals surface area contributed by atoms with Crippen molar-refractivity contribution in [2.45, 2.75) is 19.4 Å². The molecule has 1 unspecified atom stereocenters. The van der Waals surface area contributed by atoms with Gasteiger partial charge in [-0.1, -0.05) is 24.3 Å². The monoisotopic (exact) mass is 316 g/mol. The van der Waals surface area contributed by atoms with Crippen molar-refractivity contribution in [1.82, 2.24) is 19.9 Å². The van der Waals surface area contributed by atoms with Crippen molar-refractivity contribution in [2.24, 2.45) is 0 Å². The van der Waals surface area contributed by atoms with Gasteiger partial charge in [0, 0.05) is 12.3 Å². The van der Waals surface area contributed by atoms with E-state index in [4.69, 9.17) is 0 Å². The minimum absolute atomic E-state index is 0.128. The molecule has 1 N–H and O–H groups in total. The molecule has 0 aliphatic heterocycles.